The molecule has 0 aliphatic rings. The van der Waals surface area contributed by atoms with Gasteiger partial charge in [0.15, 0.2) is 0 Å². The largest absolute Gasteiger partial charge is 0.418 e. The van der Waals surface area contributed by atoms with Crippen LogP contribution >= 0.6 is 0 Å². The first-order valence-corrected chi connectivity index (χ1v) is 7.35. The van der Waals surface area contributed by atoms with Gasteiger partial charge in [0.1, 0.15) is 0 Å². The summed E-state index contributed by atoms with van der Waals surface area (Å²) in [7, 11) is 0. The van der Waals surface area contributed by atoms with E-state index in [1.165, 1.54) is 35.4 Å². The molecule has 1 aromatic heterocycles. The first-order chi connectivity index (χ1) is 11.3. The highest BCUT2D eigenvalue weighted by Gasteiger charge is 2.33. The third kappa shape index (κ3) is 4.71. The summed E-state index contributed by atoms with van der Waals surface area (Å²) in [6, 6.07) is 3.78. The van der Waals surface area contributed by atoms with Crippen LogP contribution in [0.3, 0.4) is 0 Å². The molecule has 1 heterocycles. The number of amides is 2. The van der Waals surface area contributed by atoms with Crippen LogP contribution in [0.25, 0.3) is 0 Å². The average Bonchev–Trinajstić information content (AvgIpc) is 2.99. The summed E-state index contributed by atoms with van der Waals surface area (Å²) in [4.78, 5) is 13.5. The zero-order valence-electron chi connectivity index (χ0n) is 13.2. The number of hydrogen-bond acceptors (Lipinski definition) is 3. The highest BCUT2D eigenvalue weighted by molar-refractivity contribution is 5.90. The fourth-order valence-corrected chi connectivity index (χ4v) is 2.10. The second-order valence-corrected chi connectivity index (χ2v) is 5.58. The molecule has 0 saturated heterocycles. The van der Waals surface area contributed by atoms with Crippen LogP contribution in [0.15, 0.2) is 36.7 Å². The van der Waals surface area contributed by atoms with Gasteiger partial charge in [-0.05, 0) is 18.1 Å². The van der Waals surface area contributed by atoms with Crippen LogP contribution in [0, 0.1) is 5.92 Å². The van der Waals surface area contributed by atoms with Crippen molar-refractivity contribution in [2.24, 2.45) is 5.92 Å². The minimum atomic E-state index is -4.54. The number of rotatable bonds is 5. The molecule has 0 aliphatic carbocycles. The zero-order valence-corrected chi connectivity index (χ0v) is 13.2. The average molecular weight is 341 g/mol. The second kappa shape index (κ2) is 7.33. The Kier molecular flexibility index (Phi) is 5.42. The molecule has 2 aromatic rings. The van der Waals surface area contributed by atoms with E-state index in [4.69, 9.17) is 0 Å². The van der Waals surface area contributed by atoms with Gasteiger partial charge in [0.25, 0.3) is 0 Å². The standard InChI is InChI=1S/C15H18F3N5O/c1-10(2)13(9-23-19-7-8-20-23)22-14(24)21-12-6-4-3-5-11(12)15(16,17)18/h3-8,10,13H,9H2,1-2H3,(H2,21,22,24). The maximum Gasteiger partial charge on any atom is 0.418 e. The molecule has 0 aliphatic heterocycles. The number of para-hydroxylation sites is 1. The zero-order chi connectivity index (χ0) is 17.7. The molecule has 0 spiro atoms. The highest BCUT2D eigenvalue weighted by Crippen LogP contribution is 2.34. The second-order valence-electron chi connectivity index (χ2n) is 5.58. The van der Waals surface area contributed by atoms with Crippen molar-refractivity contribution < 1.29 is 18.0 Å². The summed E-state index contributed by atoms with van der Waals surface area (Å²) in [6.45, 7) is 4.09. The molecule has 0 bridgehead atoms. The summed E-state index contributed by atoms with van der Waals surface area (Å²) < 4.78 is 38.8. The van der Waals surface area contributed by atoms with Crippen LogP contribution in [0.5, 0.6) is 0 Å². The lowest BCUT2D eigenvalue weighted by atomic mass is 10.1. The SMILES string of the molecule is CC(C)C(Cn1nccn1)NC(=O)Nc1ccccc1C(F)(F)F. The van der Waals surface area contributed by atoms with E-state index in [0.717, 1.165) is 6.07 Å². The predicted molar refractivity (Wildman–Crippen MR) is 82.2 cm³/mol. The quantitative estimate of drug-likeness (QED) is 0.878. The maximum atomic E-state index is 12.9. The van der Waals surface area contributed by atoms with Crippen molar-refractivity contribution in [1.29, 1.82) is 0 Å². The number of nitrogens with one attached hydrogen (secondary N) is 2. The number of alkyl halides is 3. The van der Waals surface area contributed by atoms with Gasteiger partial charge in [-0.3, -0.25) is 0 Å². The van der Waals surface area contributed by atoms with Gasteiger partial charge in [0.05, 0.1) is 36.2 Å². The number of carbonyl (C=O) groups excluding carboxylic acids is 1. The third-order valence-corrected chi connectivity index (χ3v) is 3.43. The normalized spacial score (nSPS) is 12.9. The predicted octanol–water partition coefficient (Wildman–Crippen LogP) is 3.14. The molecule has 1 unspecified atom stereocenters. The van der Waals surface area contributed by atoms with Crippen LogP contribution in [-0.4, -0.2) is 27.1 Å². The molecule has 0 radical (unpaired) electrons. The number of halogens is 3. The van der Waals surface area contributed by atoms with Crippen molar-refractivity contribution in [3.63, 3.8) is 0 Å². The summed E-state index contributed by atoms with van der Waals surface area (Å²) in [6.07, 6.45) is -1.52. The van der Waals surface area contributed by atoms with Gasteiger partial charge < -0.3 is 10.6 Å². The van der Waals surface area contributed by atoms with E-state index in [9.17, 15) is 18.0 Å². The molecular weight excluding hydrogens is 323 g/mol. The Labute approximate surface area is 137 Å². The summed E-state index contributed by atoms with van der Waals surface area (Å²) in [5, 5.41) is 12.8. The van der Waals surface area contributed by atoms with Crippen LogP contribution in [0.2, 0.25) is 0 Å². The summed E-state index contributed by atoms with van der Waals surface area (Å²) >= 11 is 0. The molecule has 1 aromatic carbocycles. The van der Waals surface area contributed by atoms with Crippen molar-refractivity contribution in [2.75, 3.05) is 5.32 Å². The Bertz CT molecular complexity index is 670. The van der Waals surface area contributed by atoms with E-state index in [-0.39, 0.29) is 17.6 Å². The monoisotopic (exact) mass is 341 g/mol. The Balaban J connectivity index is 2.06. The number of aromatic nitrogens is 3. The van der Waals surface area contributed by atoms with E-state index in [2.05, 4.69) is 20.8 Å². The van der Waals surface area contributed by atoms with Crippen molar-refractivity contribution in [3.05, 3.63) is 42.2 Å². The minimum absolute atomic E-state index is 0.0413. The number of urea groups is 1. The van der Waals surface area contributed by atoms with Crippen LogP contribution in [0.1, 0.15) is 19.4 Å². The van der Waals surface area contributed by atoms with Gasteiger partial charge in [-0.2, -0.15) is 28.2 Å². The fraction of sp³-hybridized carbons (Fsp3) is 0.400. The molecule has 2 rings (SSSR count). The van der Waals surface area contributed by atoms with Gasteiger partial charge in [-0.15, -0.1) is 0 Å². The lowest BCUT2D eigenvalue weighted by molar-refractivity contribution is -0.136. The van der Waals surface area contributed by atoms with E-state index >= 15 is 0 Å². The maximum absolute atomic E-state index is 12.9. The van der Waals surface area contributed by atoms with Crippen LogP contribution in [0.4, 0.5) is 23.7 Å². The van der Waals surface area contributed by atoms with E-state index in [1.54, 1.807) is 0 Å². The third-order valence-electron chi connectivity index (χ3n) is 3.43. The fourth-order valence-electron chi connectivity index (χ4n) is 2.10. The number of hydrogen-bond donors (Lipinski definition) is 2. The Morgan fingerprint density at radius 2 is 1.83 bits per heavy atom. The Morgan fingerprint density at radius 3 is 2.42 bits per heavy atom. The molecule has 130 valence electrons. The number of carbonyl (C=O) groups is 1. The summed E-state index contributed by atoms with van der Waals surface area (Å²) in [5.41, 5.74) is -1.18. The van der Waals surface area contributed by atoms with Crippen molar-refractivity contribution in [2.45, 2.75) is 32.6 Å². The van der Waals surface area contributed by atoms with Crippen molar-refractivity contribution in [3.8, 4) is 0 Å². The molecule has 0 fully saturated rings. The molecule has 6 nitrogen and oxygen atoms in total. The molecule has 2 N–H and O–H groups in total. The van der Waals surface area contributed by atoms with E-state index in [0.29, 0.717) is 6.54 Å². The van der Waals surface area contributed by atoms with Gasteiger partial charge in [0, 0.05) is 0 Å². The number of anilines is 1. The molecule has 9 heteroatoms. The molecule has 0 saturated carbocycles. The summed E-state index contributed by atoms with van der Waals surface area (Å²) in [5.74, 6) is 0.0413. The van der Waals surface area contributed by atoms with Crippen LogP contribution < -0.4 is 10.6 Å². The molecule has 2 amide bonds. The van der Waals surface area contributed by atoms with E-state index in [1.807, 2.05) is 13.8 Å². The van der Waals surface area contributed by atoms with Gasteiger partial charge in [-0.1, -0.05) is 26.0 Å². The molecule has 24 heavy (non-hydrogen) atoms. The smallest absolute Gasteiger partial charge is 0.333 e. The van der Waals surface area contributed by atoms with E-state index < -0.39 is 17.8 Å². The van der Waals surface area contributed by atoms with Gasteiger partial charge >= 0.3 is 12.2 Å². The van der Waals surface area contributed by atoms with Crippen LogP contribution in [-0.2, 0) is 12.7 Å². The Morgan fingerprint density at radius 1 is 1.21 bits per heavy atom. The van der Waals surface area contributed by atoms with Gasteiger partial charge in [0.2, 0.25) is 0 Å². The van der Waals surface area contributed by atoms with Crippen molar-refractivity contribution >= 4 is 11.7 Å². The number of benzene rings is 1. The lowest BCUT2D eigenvalue weighted by Gasteiger charge is -2.22. The minimum Gasteiger partial charge on any atom is -0.333 e. The Hall–Kier alpha value is -2.58. The van der Waals surface area contributed by atoms with Gasteiger partial charge in [-0.25, -0.2) is 4.79 Å². The lowest BCUT2D eigenvalue weighted by Crippen LogP contribution is -2.44. The molecule has 1 atom stereocenters. The topological polar surface area (TPSA) is 71.8 Å². The first kappa shape index (κ1) is 17.8. The van der Waals surface area contributed by atoms with Crippen molar-refractivity contribution in [1.82, 2.24) is 20.3 Å². The number of nitrogens with zero attached hydrogens (tertiary/aromatic N) is 3. The highest BCUT2D eigenvalue weighted by atomic mass is 19.4. The molecular formula is C15H18F3N5O. The first-order valence-electron chi connectivity index (χ1n) is 7.35.